The normalized spacial score (nSPS) is 9.93. The maximum Gasteiger partial charge on any atom is 0.261 e. The van der Waals surface area contributed by atoms with Gasteiger partial charge in [-0.1, -0.05) is 30.3 Å². The molecule has 0 atom stereocenters. The van der Waals surface area contributed by atoms with Crippen LogP contribution in [0.1, 0.15) is 9.67 Å². The van der Waals surface area contributed by atoms with Crippen molar-refractivity contribution in [2.45, 2.75) is 0 Å². The molecule has 0 spiro atoms. The molecule has 1 heterocycles. The van der Waals surface area contributed by atoms with Gasteiger partial charge in [0.15, 0.2) is 0 Å². The highest BCUT2D eigenvalue weighted by molar-refractivity contribution is 7.12. The minimum atomic E-state index is -0.0258. The van der Waals surface area contributed by atoms with Crippen LogP contribution < -0.4 is 5.32 Å². The standard InChI is InChI=1S/C12H11NOS/c1-13-12(14)11-7-10(8-15-11)9-5-3-2-4-6-9/h2-8H,1H3,(H,13,14). The van der Waals surface area contributed by atoms with E-state index >= 15 is 0 Å². The fraction of sp³-hybridized carbons (Fsp3) is 0.0833. The van der Waals surface area contributed by atoms with Gasteiger partial charge in [0.25, 0.3) is 5.91 Å². The highest BCUT2D eigenvalue weighted by atomic mass is 32.1. The minimum Gasteiger partial charge on any atom is -0.354 e. The first-order valence-corrected chi connectivity index (χ1v) is 5.55. The molecule has 2 rings (SSSR count). The second-order valence-corrected chi connectivity index (χ2v) is 4.06. The first kappa shape index (κ1) is 9.93. The van der Waals surface area contributed by atoms with Gasteiger partial charge < -0.3 is 5.32 Å². The molecule has 1 aromatic heterocycles. The summed E-state index contributed by atoms with van der Waals surface area (Å²) >= 11 is 1.47. The lowest BCUT2D eigenvalue weighted by Crippen LogP contribution is -2.15. The zero-order valence-electron chi connectivity index (χ0n) is 8.36. The van der Waals surface area contributed by atoms with Gasteiger partial charge in [-0.25, -0.2) is 0 Å². The van der Waals surface area contributed by atoms with Crippen LogP contribution in [0, 0.1) is 0 Å². The number of benzene rings is 1. The topological polar surface area (TPSA) is 29.1 Å². The smallest absolute Gasteiger partial charge is 0.261 e. The largest absolute Gasteiger partial charge is 0.354 e. The van der Waals surface area contributed by atoms with E-state index in [1.165, 1.54) is 11.3 Å². The minimum absolute atomic E-state index is 0.0258. The number of rotatable bonds is 2. The number of thiophene rings is 1. The van der Waals surface area contributed by atoms with Gasteiger partial charge in [0.05, 0.1) is 4.88 Å². The zero-order chi connectivity index (χ0) is 10.7. The molecule has 0 radical (unpaired) electrons. The molecule has 0 aliphatic rings. The van der Waals surface area contributed by atoms with Gasteiger partial charge in [0.2, 0.25) is 0 Å². The monoisotopic (exact) mass is 217 g/mol. The molecule has 2 nitrogen and oxygen atoms in total. The molecule has 0 unspecified atom stereocenters. The Bertz CT molecular complexity index is 461. The lowest BCUT2D eigenvalue weighted by Gasteiger charge is -1.95. The van der Waals surface area contributed by atoms with Gasteiger partial charge in [-0.05, 0) is 22.6 Å². The van der Waals surface area contributed by atoms with Crippen molar-refractivity contribution in [1.82, 2.24) is 5.32 Å². The molecule has 76 valence electrons. The van der Waals surface area contributed by atoms with Crippen LogP contribution in [0.2, 0.25) is 0 Å². The Morgan fingerprint density at radius 1 is 1.20 bits per heavy atom. The van der Waals surface area contributed by atoms with Crippen molar-refractivity contribution in [3.8, 4) is 11.1 Å². The Balaban J connectivity index is 2.32. The molecular weight excluding hydrogens is 206 g/mol. The summed E-state index contributed by atoms with van der Waals surface area (Å²) in [4.78, 5) is 12.1. The van der Waals surface area contributed by atoms with Crippen molar-refractivity contribution >= 4 is 17.2 Å². The number of nitrogens with one attached hydrogen (secondary N) is 1. The van der Waals surface area contributed by atoms with Crippen molar-refractivity contribution in [3.63, 3.8) is 0 Å². The summed E-state index contributed by atoms with van der Waals surface area (Å²) in [6, 6.07) is 12.0. The Labute approximate surface area is 92.6 Å². The number of carbonyl (C=O) groups is 1. The molecule has 0 aliphatic carbocycles. The molecule has 1 aromatic carbocycles. The first-order valence-electron chi connectivity index (χ1n) is 4.67. The summed E-state index contributed by atoms with van der Waals surface area (Å²) in [5.74, 6) is -0.0258. The predicted octanol–water partition coefficient (Wildman–Crippen LogP) is 2.77. The maximum absolute atomic E-state index is 11.4. The van der Waals surface area contributed by atoms with Gasteiger partial charge in [0.1, 0.15) is 0 Å². The number of carbonyl (C=O) groups excluding carboxylic acids is 1. The van der Waals surface area contributed by atoms with Crippen molar-refractivity contribution in [1.29, 1.82) is 0 Å². The highest BCUT2D eigenvalue weighted by Crippen LogP contribution is 2.25. The summed E-state index contributed by atoms with van der Waals surface area (Å²) in [5.41, 5.74) is 2.24. The summed E-state index contributed by atoms with van der Waals surface area (Å²) in [5, 5.41) is 4.62. The second kappa shape index (κ2) is 4.28. The van der Waals surface area contributed by atoms with Crippen molar-refractivity contribution in [2.24, 2.45) is 0 Å². The number of hydrogen-bond donors (Lipinski definition) is 1. The van der Waals surface area contributed by atoms with Gasteiger partial charge >= 0.3 is 0 Å². The fourth-order valence-electron chi connectivity index (χ4n) is 1.36. The molecule has 1 amide bonds. The number of hydrogen-bond acceptors (Lipinski definition) is 2. The third-order valence-corrected chi connectivity index (χ3v) is 3.09. The van der Waals surface area contributed by atoms with E-state index in [4.69, 9.17) is 0 Å². The summed E-state index contributed by atoms with van der Waals surface area (Å²) in [7, 11) is 1.64. The van der Waals surface area contributed by atoms with Gasteiger partial charge in [-0.3, -0.25) is 4.79 Å². The summed E-state index contributed by atoms with van der Waals surface area (Å²) in [6.45, 7) is 0. The third kappa shape index (κ3) is 2.07. The molecular formula is C12H11NOS. The van der Waals surface area contributed by atoms with E-state index in [2.05, 4.69) is 5.32 Å². The fourth-order valence-corrected chi connectivity index (χ4v) is 2.22. The Morgan fingerprint density at radius 2 is 1.93 bits per heavy atom. The second-order valence-electron chi connectivity index (χ2n) is 3.14. The van der Waals surface area contributed by atoms with Gasteiger partial charge in [-0.15, -0.1) is 11.3 Å². The van der Waals surface area contributed by atoms with E-state index in [-0.39, 0.29) is 5.91 Å². The van der Waals surface area contributed by atoms with E-state index < -0.39 is 0 Å². The molecule has 0 fully saturated rings. The van der Waals surface area contributed by atoms with E-state index in [1.54, 1.807) is 7.05 Å². The van der Waals surface area contributed by atoms with Gasteiger partial charge in [-0.2, -0.15) is 0 Å². The van der Waals surface area contributed by atoms with E-state index in [0.717, 1.165) is 16.0 Å². The van der Waals surface area contributed by atoms with E-state index in [9.17, 15) is 4.79 Å². The van der Waals surface area contributed by atoms with Crippen molar-refractivity contribution < 1.29 is 4.79 Å². The van der Waals surface area contributed by atoms with Crippen LogP contribution in [0.4, 0.5) is 0 Å². The summed E-state index contributed by atoms with van der Waals surface area (Å²) < 4.78 is 0. The Kier molecular flexibility index (Phi) is 2.83. The van der Waals surface area contributed by atoms with Crippen LogP contribution in [0.15, 0.2) is 41.8 Å². The highest BCUT2D eigenvalue weighted by Gasteiger charge is 2.07. The molecule has 2 aromatic rings. The maximum atomic E-state index is 11.4. The average Bonchev–Trinajstić information content (AvgIpc) is 2.78. The van der Waals surface area contributed by atoms with Crippen LogP contribution in [0.25, 0.3) is 11.1 Å². The van der Waals surface area contributed by atoms with Crippen LogP contribution in [-0.2, 0) is 0 Å². The lowest BCUT2D eigenvalue weighted by atomic mass is 10.1. The zero-order valence-corrected chi connectivity index (χ0v) is 9.17. The van der Waals surface area contributed by atoms with Crippen molar-refractivity contribution in [3.05, 3.63) is 46.7 Å². The van der Waals surface area contributed by atoms with Crippen LogP contribution in [0.5, 0.6) is 0 Å². The average molecular weight is 217 g/mol. The lowest BCUT2D eigenvalue weighted by molar-refractivity contribution is 0.0967. The third-order valence-electron chi connectivity index (χ3n) is 2.16. The van der Waals surface area contributed by atoms with Crippen LogP contribution in [0.3, 0.4) is 0 Å². The predicted molar refractivity (Wildman–Crippen MR) is 63.1 cm³/mol. The molecule has 0 bridgehead atoms. The van der Waals surface area contributed by atoms with Crippen LogP contribution >= 0.6 is 11.3 Å². The SMILES string of the molecule is CNC(=O)c1cc(-c2ccccc2)cs1. The number of amides is 1. The van der Waals surface area contributed by atoms with E-state index in [1.807, 2.05) is 41.8 Å². The molecule has 1 N–H and O–H groups in total. The summed E-state index contributed by atoms with van der Waals surface area (Å²) in [6.07, 6.45) is 0. The molecule has 0 saturated heterocycles. The Hall–Kier alpha value is -1.61. The molecule has 3 heteroatoms. The molecule has 0 aliphatic heterocycles. The first-order chi connectivity index (χ1) is 7.31. The quantitative estimate of drug-likeness (QED) is 0.823. The van der Waals surface area contributed by atoms with E-state index in [0.29, 0.717) is 0 Å². The Morgan fingerprint density at radius 3 is 2.60 bits per heavy atom. The van der Waals surface area contributed by atoms with Crippen molar-refractivity contribution in [2.75, 3.05) is 7.05 Å². The molecule has 0 saturated carbocycles. The van der Waals surface area contributed by atoms with Crippen LogP contribution in [-0.4, -0.2) is 13.0 Å². The molecule has 15 heavy (non-hydrogen) atoms. The van der Waals surface area contributed by atoms with Gasteiger partial charge in [0, 0.05) is 7.05 Å².